The summed E-state index contributed by atoms with van der Waals surface area (Å²) in [6.45, 7) is 0. The molecule has 0 saturated carbocycles. The van der Waals surface area contributed by atoms with Crippen LogP contribution in [0, 0.1) is 0 Å². The molecule has 266 valence electrons. The minimum absolute atomic E-state index is 0.112. The molecule has 57 heavy (non-hydrogen) atoms. The Morgan fingerprint density at radius 1 is 0.421 bits per heavy atom. The van der Waals surface area contributed by atoms with Gasteiger partial charge in [0.2, 0.25) is 0 Å². The minimum Gasteiger partial charge on any atom is -0.456 e. The lowest BCUT2D eigenvalue weighted by molar-refractivity contribution is 0.669. The zero-order valence-corrected chi connectivity index (χ0v) is 30.7. The third kappa shape index (κ3) is 4.92. The van der Waals surface area contributed by atoms with Crippen LogP contribution >= 0.6 is 0 Å². The third-order valence-electron chi connectivity index (χ3n) is 11.5. The summed E-state index contributed by atoms with van der Waals surface area (Å²) in [6.07, 6.45) is 0. The predicted molar refractivity (Wildman–Crippen MR) is 231 cm³/mol. The normalized spacial score (nSPS) is 13.4. The SMILES string of the molecule is c1ccc(-c2nc(-c3ccccc3)nc(-c3ccc4c(c3)oc3ccc(-n5c6ccccc6c6ccc7c(c65)C(c5ccccc5)c5ccccc5-7)cc34)n2)cc1. The summed E-state index contributed by atoms with van der Waals surface area (Å²) >= 11 is 0. The Morgan fingerprint density at radius 2 is 1.05 bits per heavy atom. The molecule has 0 saturated heterocycles. The van der Waals surface area contributed by atoms with Gasteiger partial charge in [0.25, 0.3) is 0 Å². The molecular weight excluding hydrogens is 697 g/mol. The van der Waals surface area contributed by atoms with E-state index < -0.39 is 0 Å². The lowest BCUT2D eigenvalue weighted by atomic mass is 9.88. The Balaban J connectivity index is 1.05. The van der Waals surface area contributed by atoms with Crippen LogP contribution in [-0.2, 0) is 0 Å². The number of para-hydroxylation sites is 1. The first kappa shape index (κ1) is 31.7. The van der Waals surface area contributed by atoms with Gasteiger partial charge in [0, 0.05) is 49.8 Å². The summed E-state index contributed by atoms with van der Waals surface area (Å²) in [4.78, 5) is 14.8. The van der Waals surface area contributed by atoms with Crippen molar-refractivity contribution in [1.29, 1.82) is 0 Å². The van der Waals surface area contributed by atoms with Gasteiger partial charge in [-0.3, -0.25) is 0 Å². The van der Waals surface area contributed by atoms with Crippen LogP contribution in [0.4, 0.5) is 0 Å². The summed E-state index contributed by atoms with van der Waals surface area (Å²) in [7, 11) is 0. The van der Waals surface area contributed by atoms with Crippen LogP contribution in [0.25, 0.3) is 94.7 Å². The predicted octanol–water partition coefficient (Wildman–Crippen LogP) is 13.0. The molecule has 11 aromatic rings. The molecule has 3 aromatic heterocycles. The monoisotopic (exact) mass is 728 g/mol. The molecule has 1 unspecified atom stereocenters. The van der Waals surface area contributed by atoms with Crippen LogP contribution in [0.1, 0.15) is 22.6 Å². The smallest absolute Gasteiger partial charge is 0.164 e. The first-order valence-electron chi connectivity index (χ1n) is 19.3. The van der Waals surface area contributed by atoms with Crippen molar-refractivity contribution in [2.45, 2.75) is 5.92 Å². The van der Waals surface area contributed by atoms with E-state index >= 15 is 0 Å². The number of rotatable bonds is 5. The van der Waals surface area contributed by atoms with Crippen molar-refractivity contribution in [3.8, 4) is 51.0 Å². The highest BCUT2D eigenvalue weighted by molar-refractivity contribution is 6.14. The molecular formula is C52H32N4O. The maximum absolute atomic E-state index is 6.60. The molecule has 0 N–H and O–H groups in total. The first-order valence-corrected chi connectivity index (χ1v) is 19.3. The van der Waals surface area contributed by atoms with Gasteiger partial charge in [-0.25, -0.2) is 15.0 Å². The van der Waals surface area contributed by atoms with Crippen LogP contribution in [0.15, 0.2) is 192 Å². The second-order valence-electron chi connectivity index (χ2n) is 14.7. The van der Waals surface area contributed by atoms with Gasteiger partial charge in [0.15, 0.2) is 17.5 Å². The highest BCUT2D eigenvalue weighted by Gasteiger charge is 2.33. The molecule has 5 heteroatoms. The molecule has 0 amide bonds. The molecule has 0 fully saturated rings. The quantitative estimate of drug-likeness (QED) is 0.177. The Morgan fingerprint density at radius 3 is 1.81 bits per heavy atom. The lowest BCUT2D eigenvalue weighted by Gasteiger charge is -2.18. The second kappa shape index (κ2) is 12.4. The molecule has 0 aliphatic heterocycles. The number of nitrogens with zero attached hydrogens (tertiary/aromatic N) is 4. The Kier molecular flexibility index (Phi) is 6.92. The van der Waals surface area contributed by atoms with E-state index in [2.05, 4.69) is 132 Å². The summed E-state index contributed by atoms with van der Waals surface area (Å²) in [5.74, 6) is 1.97. The summed E-state index contributed by atoms with van der Waals surface area (Å²) in [5, 5.41) is 4.58. The maximum atomic E-state index is 6.60. The van der Waals surface area contributed by atoms with Crippen molar-refractivity contribution >= 4 is 43.7 Å². The standard InChI is InChI=1S/C52H32N4O/c1-4-14-32(15-5-1)47-40-22-11-10-20-37(40)41-27-28-42-38-21-12-13-23-44(38)56(49(42)48(41)47)36-25-29-45-43(31-36)39-26-24-35(30-46(39)57-45)52-54-50(33-16-6-2-7-17-33)53-51(55-52)34-18-8-3-9-19-34/h1-31,47H. The van der Waals surface area contributed by atoms with Crippen LogP contribution in [-0.4, -0.2) is 19.5 Å². The Labute approximate surface area is 328 Å². The molecule has 0 spiro atoms. The zero-order chi connectivity index (χ0) is 37.5. The van der Waals surface area contributed by atoms with Gasteiger partial charge in [0.05, 0.1) is 11.0 Å². The highest BCUT2D eigenvalue weighted by atomic mass is 16.3. The average Bonchev–Trinajstić information content (AvgIpc) is 3.94. The van der Waals surface area contributed by atoms with E-state index in [9.17, 15) is 0 Å². The van der Waals surface area contributed by atoms with Crippen molar-refractivity contribution in [2.24, 2.45) is 0 Å². The van der Waals surface area contributed by atoms with E-state index in [4.69, 9.17) is 19.4 Å². The second-order valence-corrected chi connectivity index (χ2v) is 14.7. The van der Waals surface area contributed by atoms with Gasteiger partial charge in [0.1, 0.15) is 11.2 Å². The molecule has 0 bridgehead atoms. The van der Waals surface area contributed by atoms with Crippen molar-refractivity contribution in [3.05, 3.63) is 205 Å². The molecule has 1 aliphatic carbocycles. The number of furan rings is 1. The van der Waals surface area contributed by atoms with Gasteiger partial charge in [-0.1, -0.05) is 152 Å². The van der Waals surface area contributed by atoms with Gasteiger partial charge >= 0.3 is 0 Å². The molecule has 1 aliphatic rings. The molecule has 8 aromatic carbocycles. The summed E-state index contributed by atoms with van der Waals surface area (Å²) < 4.78 is 9.07. The van der Waals surface area contributed by atoms with E-state index in [1.165, 1.54) is 49.6 Å². The first-order chi connectivity index (χ1) is 28.3. The molecule has 5 nitrogen and oxygen atoms in total. The minimum atomic E-state index is 0.112. The van der Waals surface area contributed by atoms with Gasteiger partial charge in [-0.2, -0.15) is 0 Å². The molecule has 1 atom stereocenters. The van der Waals surface area contributed by atoms with Crippen LogP contribution in [0.5, 0.6) is 0 Å². The van der Waals surface area contributed by atoms with Crippen molar-refractivity contribution in [2.75, 3.05) is 0 Å². The fourth-order valence-electron chi connectivity index (χ4n) is 9.00. The average molecular weight is 729 g/mol. The lowest BCUT2D eigenvalue weighted by Crippen LogP contribution is -2.03. The van der Waals surface area contributed by atoms with E-state index in [1.807, 2.05) is 60.7 Å². The zero-order valence-electron chi connectivity index (χ0n) is 30.7. The van der Waals surface area contributed by atoms with Crippen LogP contribution in [0.3, 0.4) is 0 Å². The van der Waals surface area contributed by atoms with Crippen LogP contribution in [0.2, 0.25) is 0 Å². The van der Waals surface area contributed by atoms with Gasteiger partial charge in [-0.05, 0) is 64.2 Å². The Hall–Kier alpha value is -7.63. The fourth-order valence-corrected chi connectivity index (χ4v) is 9.00. The molecule has 0 radical (unpaired) electrons. The van der Waals surface area contributed by atoms with Gasteiger partial charge in [-0.15, -0.1) is 0 Å². The highest BCUT2D eigenvalue weighted by Crippen LogP contribution is 2.52. The fraction of sp³-hybridized carbons (Fsp3) is 0.0192. The Bertz CT molecular complexity index is 3290. The summed E-state index contributed by atoms with van der Waals surface area (Å²) in [6, 6.07) is 66.3. The van der Waals surface area contributed by atoms with Crippen molar-refractivity contribution in [1.82, 2.24) is 19.5 Å². The number of fused-ring (bicyclic) bond motifs is 10. The van der Waals surface area contributed by atoms with E-state index in [0.717, 1.165) is 44.3 Å². The molecule has 12 rings (SSSR count). The van der Waals surface area contributed by atoms with E-state index in [1.54, 1.807) is 0 Å². The summed E-state index contributed by atoms with van der Waals surface area (Å²) in [5.41, 5.74) is 14.4. The topological polar surface area (TPSA) is 56.7 Å². The number of aromatic nitrogens is 4. The van der Waals surface area contributed by atoms with Gasteiger partial charge < -0.3 is 8.98 Å². The largest absolute Gasteiger partial charge is 0.456 e. The number of hydrogen-bond donors (Lipinski definition) is 0. The van der Waals surface area contributed by atoms with E-state index in [0.29, 0.717) is 17.5 Å². The maximum Gasteiger partial charge on any atom is 0.164 e. The number of hydrogen-bond acceptors (Lipinski definition) is 4. The van der Waals surface area contributed by atoms with Crippen LogP contribution < -0.4 is 0 Å². The molecule has 3 heterocycles. The van der Waals surface area contributed by atoms with Crippen molar-refractivity contribution < 1.29 is 4.42 Å². The van der Waals surface area contributed by atoms with E-state index in [-0.39, 0.29) is 5.92 Å². The third-order valence-corrected chi connectivity index (χ3v) is 11.5. The van der Waals surface area contributed by atoms with Crippen molar-refractivity contribution in [3.63, 3.8) is 0 Å². The number of benzene rings is 8.